The zero-order valence-electron chi connectivity index (χ0n) is 15.4. The Kier molecular flexibility index (Phi) is 5.76. The van der Waals surface area contributed by atoms with Crippen molar-refractivity contribution in [3.63, 3.8) is 0 Å². The average molecular weight is 365 g/mol. The number of amides is 1. The van der Waals surface area contributed by atoms with Gasteiger partial charge in [-0.15, -0.1) is 0 Å². The van der Waals surface area contributed by atoms with Gasteiger partial charge in [0.2, 0.25) is 0 Å². The van der Waals surface area contributed by atoms with Gasteiger partial charge in [-0.05, 0) is 30.7 Å². The Bertz CT molecular complexity index is 949. The number of para-hydroxylation sites is 2. The predicted octanol–water partition coefficient (Wildman–Crippen LogP) is 3.11. The van der Waals surface area contributed by atoms with Crippen LogP contribution in [0, 0.1) is 0 Å². The van der Waals surface area contributed by atoms with E-state index >= 15 is 0 Å². The minimum atomic E-state index is -0.776. The van der Waals surface area contributed by atoms with Crippen molar-refractivity contribution in [2.75, 3.05) is 19.0 Å². The summed E-state index contributed by atoms with van der Waals surface area (Å²) in [7, 11) is 1.75. The molecular formula is C21H23N3O3. The van der Waals surface area contributed by atoms with Gasteiger partial charge in [-0.3, -0.25) is 4.79 Å². The number of anilines is 1. The molecule has 3 N–H and O–H groups in total. The predicted molar refractivity (Wildman–Crippen MR) is 106 cm³/mol. The standard InChI is InChI=1S/C21H23N3O3/c1-3-27-21(26)19(12-14-13-23-18-11-7-4-8-15(14)18)24-20(25)16-9-5-6-10-17(16)22-2/h4-11,13,19,22-23H,3,12H2,1-2H3,(H,24,25)/t19-/m0/s1. The van der Waals surface area contributed by atoms with E-state index in [1.165, 1.54) is 0 Å². The van der Waals surface area contributed by atoms with E-state index in [0.717, 1.165) is 16.5 Å². The van der Waals surface area contributed by atoms with Crippen molar-refractivity contribution in [3.05, 3.63) is 65.9 Å². The number of benzene rings is 2. The molecule has 3 aromatic rings. The number of carbonyl (C=O) groups excluding carboxylic acids is 2. The van der Waals surface area contributed by atoms with E-state index in [2.05, 4.69) is 15.6 Å². The quantitative estimate of drug-likeness (QED) is 0.562. The van der Waals surface area contributed by atoms with Crippen molar-refractivity contribution >= 4 is 28.5 Å². The first kappa shape index (κ1) is 18.5. The zero-order valence-corrected chi connectivity index (χ0v) is 15.4. The van der Waals surface area contributed by atoms with E-state index < -0.39 is 12.0 Å². The maximum Gasteiger partial charge on any atom is 0.328 e. The fraction of sp³-hybridized carbons (Fsp3) is 0.238. The second-order valence-electron chi connectivity index (χ2n) is 6.14. The highest BCUT2D eigenvalue weighted by Gasteiger charge is 2.25. The van der Waals surface area contributed by atoms with Crippen molar-refractivity contribution < 1.29 is 14.3 Å². The van der Waals surface area contributed by atoms with Gasteiger partial charge >= 0.3 is 5.97 Å². The van der Waals surface area contributed by atoms with Crippen molar-refractivity contribution in [1.82, 2.24) is 10.3 Å². The number of fused-ring (bicyclic) bond motifs is 1. The largest absolute Gasteiger partial charge is 0.464 e. The van der Waals surface area contributed by atoms with E-state index in [9.17, 15) is 9.59 Å². The SMILES string of the molecule is CCOC(=O)[C@H](Cc1c[nH]c2ccccc12)NC(=O)c1ccccc1NC. The van der Waals surface area contributed by atoms with Gasteiger partial charge in [0.15, 0.2) is 0 Å². The number of rotatable bonds is 7. The molecule has 0 radical (unpaired) electrons. The van der Waals surface area contributed by atoms with Gasteiger partial charge in [-0.25, -0.2) is 4.79 Å². The summed E-state index contributed by atoms with van der Waals surface area (Å²) in [6.45, 7) is 2.00. The second kappa shape index (κ2) is 8.40. The number of hydrogen-bond acceptors (Lipinski definition) is 4. The molecule has 0 bridgehead atoms. The molecule has 1 amide bonds. The molecule has 140 valence electrons. The third-order valence-electron chi connectivity index (χ3n) is 4.42. The Labute approximate surface area is 157 Å². The van der Waals surface area contributed by atoms with Crippen LogP contribution in [0.4, 0.5) is 5.69 Å². The monoisotopic (exact) mass is 365 g/mol. The lowest BCUT2D eigenvalue weighted by molar-refractivity contribution is -0.145. The summed E-state index contributed by atoms with van der Waals surface area (Å²) in [6.07, 6.45) is 2.21. The fourth-order valence-electron chi connectivity index (χ4n) is 3.09. The average Bonchev–Trinajstić information content (AvgIpc) is 3.10. The van der Waals surface area contributed by atoms with Crippen LogP contribution in [0.25, 0.3) is 10.9 Å². The molecule has 0 aliphatic heterocycles. The van der Waals surface area contributed by atoms with Crippen molar-refractivity contribution in [3.8, 4) is 0 Å². The molecular weight excluding hydrogens is 342 g/mol. The van der Waals surface area contributed by atoms with E-state index in [0.29, 0.717) is 17.7 Å². The van der Waals surface area contributed by atoms with Crippen LogP contribution in [0.3, 0.4) is 0 Å². The molecule has 2 aromatic carbocycles. The lowest BCUT2D eigenvalue weighted by Gasteiger charge is -2.18. The maximum atomic E-state index is 12.8. The van der Waals surface area contributed by atoms with Crippen LogP contribution in [0.2, 0.25) is 0 Å². The molecule has 0 spiro atoms. The van der Waals surface area contributed by atoms with Crippen molar-refractivity contribution in [2.24, 2.45) is 0 Å². The molecule has 3 rings (SSSR count). The van der Waals surface area contributed by atoms with Crippen LogP contribution in [0.5, 0.6) is 0 Å². The zero-order chi connectivity index (χ0) is 19.2. The first-order chi connectivity index (χ1) is 13.1. The highest BCUT2D eigenvalue weighted by Crippen LogP contribution is 2.20. The summed E-state index contributed by atoms with van der Waals surface area (Å²) in [4.78, 5) is 28.4. The fourth-order valence-corrected chi connectivity index (χ4v) is 3.09. The number of esters is 1. The van der Waals surface area contributed by atoms with Crippen molar-refractivity contribution in [1.29, 1.82) is 0 Å². The molecule has 0 saturated carbocycles. The van der Waals surface area contributed by atoms with E-state index in [-0.39, 0.29) is 12.5 Å². The van der Waals surface area contributed by atoms with Crippen LogP contribution in [-0.2, 0) is 16.0 Å². The summed E-state index contributed by atoms with van der Waals surface area (Å²) >= 11 is 0. The van der Waals surface area contributed by atoms with Gasteiger partial charge in [0.1, 0.15) is 6.04 Å². The molecule has 6 nitrogen and oxygen atoms in total. The number of ether oxygens (including phenoxy) is 1. The highest BCUT2D eigenvalue weighted by atomic mass is 16.5. The third kappa shape index (κ3) is 4.11. The first-order valence-corrected chi connectivity index (χ1v) is 8.93. The summed E-state index contributed by atoms with van der Waals surface area (Å²) in [5.74, 6) is -0.768. The lowest BCUT2D eigenvalue weighted by Crippen LogP contribution is -2.43. The van der Waals surface area contributed by atoms with Crippen molar-refractivity contribution in [2.45, 2.75) is 19.4 Å². The molecule has 6 heteroatoms. The van der Waals surface area contributed by atoms with Crippen LogP contribution in [0.15, 0.2) is 54.7 Å². The van der Waals surface area contributed by atoms with Gasteiger partial charge < -0.3 is 20.4 Å². The molecule has 27 heavy (non-hydrogen) atoms. The number of carbonyl (C=O) groups is 2. The topological polar surface area (TPSA) is 83.2 Å². The van der Waals surface area contributed by atoms with E-state index in [1.54, 1.807) is 26.1 Å². The highest BCUT2D eigenvalue weighted by molar-refractivity contribution is 6.01. The minimum absolute atomic E-state index is 0.256. The summed E-state index contributed by atoms with van der Waals surface area (Å²) in [6, 6.07) is 14.2. The van der Waals surface area contributed by atoms with Gasteiger partial charge in [-0.1, -0.05) is 30.3 Å². The maximum absolute atomic E-state index is 12.8. The molecule has 1 atom stereocenters. The molecule has 0 fully saturated rings. The van der Waals surface area contributed by atoms with Crippen LogP contribution < -0.4 is 10.6 Å². The molecule has 0 unspecified atom stereocenters. The molecule has 0 saturated heterocycles. The smallest absolute Gasteiger partial charge is 0.328 e. The second-order valence-corrected chi connectivity index (χ2v) is 6.14. The van der Waals surface area contributed by atoms with Crippen LogP contribution in [-0.4, -0.2) is 36.6 Å². The number of aromatic amines is 1. The van der Waals surface area contributed by atoms with Gasteiger partial charge in [0.05, 0.1) is 12.2 Å². The van der Waals surface area contributed by atoms with E-state index in [4.69, 9.17) is 4.74 Å². The third-order valence-corrected chi connectivity index (χ3v) is 4.42. The van der Waals surface area contributed by atoms with Crippen LogP contribution >= 0.6 is 0 Å². The summed E-state index contributed by atoms with van der Waals surface area (Å²) in [5, 5.41) is 6.84. The Hall–Kier alpha value is -3.28. The number of hydrogen-bond donors (Lipinski definition) is 3. The Morgan fingerprint density at radius 1 is 1.11 bits per heavy atom. The molecule has 1 heterocycles. The molecule has 1 aromatic heterocycles. The summed E-state index contributed by atoms with van der Waals surface area (Å²) in [5.41, 5.74) is 3.12. The van der Waals surface area contributed by atoms with Gasteiger partial charge in [0, 0.05) is 36.3 Å². The molecule has 0 aliphatic carbocycles. The number of aromatic nitrogens is 1. The number of nitrogens with one attached hydrogen (secondary N) is 3. The normalized spacial score (nSPS) is 11.8. The van der Waals surface area contributed by atoms with Gasteiger partial charge in [-0.2, -0.15) is 0 Å². The van der Waals surface area contributed by atoms with E-state index in [1.807, 2.05) is 42.6 Å². The Balaban J connectivity index is 1.85. The first-order valence-electron chi connectivity index (χ1n) is 8.93. The lowest BCUT2D eigenvalue weighted by atomic mass is 10.0. The van der Waals surface area contributed by atoms with Crippen LogP contribution in [0.1, 0.15) is 22.8 Å². The summed E-state index contributed by atoms with van der Waals surface area (Å²) < 4.78 is 5.18. The Morgan fingerprint density at radius 2 is 1.85 bits per heavy atom. The molecule has 0 aliphatic rings. The number of H-pyrrole nitrogens is 1. The van der Waals surface area contributed by atoms with Gasteiger partial charge in [0.25, 0.3) is 5.91 Å². The Morgan fingerprint density at radius 3 is 2.63 bits per heavy atom. The minimum Gasteiger partial charge on any atom is -0.464 e.